The molecule has 1 aromatic carbocycles. The van der Waals surface area contributed by atoms with Gasteiger partial charge in [0.25, 0.3) is 0 Å². The number of aliphatic hydroxyl groups excluding tert-OH is 1. The molecule has 2 rings (SSSR count). The highest BCUT2D eigenvalue weighted by Crippen LogP contribution is 2.32. The number of hydrogen-bond acceptors (Lipinski definition) is 3. The summed E-state index contributed by atoms with van der Waals surface area (Å²) in [5.41, 5.74) is 1.28. The number of fused-ring (bicyclic) bond motifs is 1. The summed E-state index contributed by atoms with van der Waals surface area (Å²) in [6.07, 6.45) is 1.67. The lowest BCUT2D eigenvalue weighted by molar-refractivity contribution is 0.159. The van der Waals surface area contributed by atoms with Gasteiger partial charge in [-0.3, -0.25) is 0 Å². The molecule has 0 bridgehead atoms. The van der Waals surface area contributed by atoms with Crippen LogP contribution in [0.25, 0.3) is 0 Å². The van der Waals surface area contributed by atoms with Crippen molar-refractivity contribution < 1.29 is 9.84 Å². The van der Waals surface area contributed by atoms with Gasteiger partial charge in [0, 0.05) is 24.6 Å². The Morgan fingerprint density at radius 3 is 3.12 bits per heavy atom. The predicted octanol–water partition coefficient (Wildman–Crippen LogP) is 1.91. The number of ether oxygens (including phenoxy) is 1. The van der Waals surface area contributed by atoms with Gasteiger partial charge in [0.1, 0.15) is 5.75 Å². The number of hydrogen-bond donors (Lipinski definition) is 2. The van der Waals surface area contributed by atoms with Crippen LogP contribution in [0.2, 0.25) is 0 Å². The zero-order chi connectivity index (χ0) is 12.1. The second-order valence-corrected chi connectivity index (χ2v) is 4.65. The zero-order valence-corrected chi connectivity index (χ0v) is 10.4. The standard InChI is InChI=1S/C14H21NO2/c1-2-5-12(16)9-15-8-11-10-17-14-7-4-3-6-13(11)14/h3-4,6-7,11-12,15-16H,2,5,8-10H2,1H3. The van der Waals surface area contributed by atoms with Crippen LogP contribution in [0.15, 0.2) is 24.3 Å². The second-order valence-electron chi connectivity index (χ2n) is 4.65. The minimum atomic E-state index is -0.224. The van der Waals surface area contributed by atoms with E-state index in [0.717, 1.165) is 31.7 Å². The molecule has 2 N–H and O–H groups in total. The van der Waals surface area contributed by atoms with Gasteiger partial charge in [-0.05, 0) is 12.5 Å². The van der Waals surface area contributed by atoms with E-state index >= 15 is 0 Å². The molecule has 1 heterocycles. The molecule has 0 aliphatic carbocycles. The highest BCUT2D eigenvalue weighted by Gasteiger charge is 2.23. The normalized spacial score (nSPS) is 19.8. The Morgan fingerprint density at radius 2 is 2.29 bits per heavy atom. The molecule has 0 radical (unpaired) electrons. The average molecular weight is 235 g/mol. The van der Waals surface area contributed by atoms with Crippen LogP contribution < -0.4 is 10.1 Å². The largest absolute Gasteiger partial charge is 0.493 e. The first-order valence-electron chi connectivity index (χ1n) is 6.41. The van der Waals surface area contributed by atoms with Crippen molar-refractivity contribution in [3.8, 4) is 5.75 Å². The van der Waals surface area contributed by atoms with Crippen LogP contribution in [0.4, 0.5) is 0 Å². The van der Waals surface area contributed by atoms with Crippen LogP contribution in [-0.2, 0) is 0 Å². The van der Waals surface area contributed by atoms with Gasteiger partial charge in [-0.25, -0.2) is 0 Å². The van der Waals surface area contributed by atoms with E-state index in [1.54, 1.807) is 0 Å². The molecule has 0 aromatic heterocycles. The predicted molar refractivity (Wildman–Crippen MR) is 68.5 cm³/mol. The van der Waals surface area contributed by atoms with Crippen molar-refractivity contribution in [1.82, 2.24) is 5.32 Å². The van der Waals surface area contributed by atoms with Crippen molar-refractivity contribution in [1.29, 1.82) is 0 Å². The van der Waals surface area contributed by atoms with Crippen LogP contribution in [0.3, 0.4) is 0 Å². The first-order valence-corrected chi connectivity index (χ1v) is 6.41. The Kier molecular flexibility index (Phi) is 4.40. The lowest BCUT2D eigenvalue weighted by atomic mass is 10.0. The van der Waals surface area contributed by atoms with E-state index in [2.05, 4.69) is 18.3 Å². The van der Waals surface area contributed by atoms with Gasteiger partial charge >= 0.3 is 0 Å². The molecule has 3 nitrogen and oxygen atoms in total. The molecule has 1 aliphatic rings. The van der Waals surface area contributed by atoms with Gasteiger partial charge in [0.15, 0.2) is 0 Å². The Morgan fingerprint density at radius 1 is 1.47 bits per heavy atom. The van der Waals surface area contributed by atoms with Crippen molar-refractivity contribution in [2.45, 2.75) is 31.8 Å². The van der Waals surface area contributed by atoms with Crippen LogP contribution in [-0.4, -0.2) is 30.9 Å². The Labute approximate surface area is 103 Å². The summed E-state index contributed by atoms with van der Waals surface area (Å²) in [7, 11) is 0. The van der Waals surface area contributed by atoms with E-state index < -0.39 is 0 Å². The van der Waals surface area contributed by atoms with Crippen LogP contribution >= 0.6 is 0 Å². The van der Waals surface area contributed by atoms with Crippen LogP contribution in [0, 0.1) is 0 Å². The lowest BCUT2D eigenvalue weighted by Gasteiger charge is -2.13. The third-order valence-corrected chi connectivity index (χ3v) is 3.19. The molecule has 0 spiro atoms. The maximum absolute atomic E-state index is 9.62. The average Bonchev–Trinajstić information content (AvgIpc) is 2.73. The minimum absolute atomic E-state index is 0.224. The molecule has 3 heteroatoms. The highest BCUT2D eigenvalue weighted by atomic mass is 16.5. The molecule has 0 amide bonds. The SMILES string of the molecule is CCCC(O)CNCC1COc2ccccc21. The highest BCUT2D eigenvalue weighted by molar-refractivity contribution is 5.39. The summed E-state index contributed by atoms with van der Waals surface area (Å²) in [6.45, 7) is 4.38. The van der Waals surface area contributed by atoms with Gasteiger partial charge in [-0.15, -0.1) is 0 Å². The number of aliphatic hydroxyl groups is 1. The third kappa shape index (κ3) is 3.20. The van der Waals surface area contributed by atoms with Crippen LogP contribution in [0.5, 0.6) is 5.75 Å². The molecule has 0 saturated carbocycles. The quantitative estimate of drug-likeness (QED) is 0.791. The molecular formula is C14H21NO2. The van der Waals surface area contributed by atoms with E-state index in [9.17, 15) is 5.11 Å². The minimum Gasteiger partial charge on any atom is -0.493 e. The van der Waals surface area contributed by atoms with Gasteiger partial charge < -0.3 is 15.2 Å². The maximum Gasteiger partial charge on any atom is 0.122 e. The Bertz CT molecular complexity index is 354. The molecular weight excluding hydrogens is 214 g/mol. The van der Waals surface area contributed by atoms with Crippen molar-refractivity contribution in [3.05, 3.63) is 29.8 Å². The Balaban J connectivity index is 1.78. The van der Waals surface area contributed by atoms with E-state index in [1.807, 2.05) is 18.2 Å². The van der Waals surface area contributed by atoms with Crippen molar-refractivity contribution in [3.63, 3.8) is 0 Å². The molecule has 17 heavy (non-hydrogen) atoms. The van der Waals surface area contributed by atoms with Crippen molar-refractivity contribution >= 4 is 0 Å². The van der Waals surface area contributed by atoms with E-state index in [4.69, 9.17) is 4.74 Å². The zero-order valence-electron chi connectivity index (χ0n) is 10.4. The fraction of sp³-hybridized carbons (Fsp3) is 0.571. The molecule has 1 aromatic rings. The summed E-state index contributed by atoms with van der Waals surface area (Å²) in [4.78, 5) is 0. The number of para-hydroxylation sites is 1. The summed E-state index contributed by atoms with van der Waals surface area (Å²) >= 11 is 0. The molecule has 2 unspecified atom stereocenters. The summed E-state index contributed by atoms with van der Waals surface area (Å²) in [5, 5.41) is 12.9. The fourth-order valence-electron chi connectivity index (χ4n) is 2.26. The molecule has 1 aliphatic heterocycles. The monoisotopic (exact) mass is 235 g/mol. The number of benzene rings is 1. The molecule has 94 valence electrons. The first-order chi connectivity index (χ1) is 8.31. The van der Waals surface area contributed by atoms with Gasteiger partial charge in [0.2, 0.25) is 0 Å². The molecule has 0 saturated heterocycles. The van der Waals surface area contributed by atoms with Gasteiger partial charge in [-0.1, -0.05) is 31.5 Å². The fourth-order valence-corrected chi connectivity index (χ4v) is 2.26. The topological polar surface area (TPSA) is 41.5 Å². The Hall–Kier alpha value is -1.06. The third-order valence-electron chi connectivity index (χ3n) is 3.19. The van der Waals surface area contributed by atoms with E-state index in [1.165, 1.54) is 5.56 Å². The lowest BCUT2D eigenvalue weighted by Crippen LogP contribution is -2.30. The number of nitrogens with one attached hydrogen (secondary N) is 1. The maximum atomic E-state index is 9.62. The second kappa shape index (κ2) is 6.03. The van der Waals surface area contributed by atoms with Crippen molar-refractivity contribution in [2.75, 3.05) is 19.7 Å². The summed E-state index contributed by atoms with van der Waals surface area (Å²) in [5.74, 6) is 1.42. The smallest absolute Gasteiger partial charge is 0.122 e. The van der Waals surface area contributed by atoms with Crippen molar-refractivity contribution in [2.24, 2.45) is 0 Å². The van der Waals surface area contributed by atoms with Crippen LogP contribution in [0.1, 0.15) is 31.2 Å². The number of rotatable bonds is 6. The molecule has 2 atom stereocenters. The summed E-state index contributed by atoms with van der Waals surface area (Å²) in [6, 6.07) is 8.19. The van der Waals surface area contributed by atoms with E-state index in [0.29, 0.717) is 12.5 Å². The van der Waals surface area contributed by atoms with Gasteiger partial charge in [-0.2, -0.15) is 0 Å². The van der Waals surface area contributed by atoms with Gasteiger partial charge in [0.05, 0.1) is 12.7 Å². The first kappa shape index (κ1) is 12.4. The molecule has 0 fully saturated rings. The summed E-state index contributed by atoms with van der Waals surface area (Å²) < 4.78 is 5.61. The van der Waals surface area contributed by atoms with E-state index in [-0.39, 0.29) is 6.10 Å².